The third-order valence-corrected chi connectivity index (χ3v) is 4.05. The number of nitrogens with one attached hydrogen (secondary N) is 1. The minimum absolute atomic E-state index is 0.458. The van der Waals surface area contributed by atoms with E-state index >= 15 is 0 Å². The smallest absolute Gasteiger partial charge is 0.178 e. The zero-order chi connectivity index (χ0) is 12.0. The van der Waals surface area contributed by atoms with Gasteiger partial charge in [-0.25, -0.2) is 0 Å². The molecule has 0 radical (unpaired) electrons. The van der Waals surface area contributed by atoms with Crippen molar-refractivity contribution in [3.63, 3.8) is 0 Å². The second-order valence-electron chi connectivity index (χ2n) is 4.64. The average Bonchev–Trinajstić information content (AvgIpc) is 2.82. The molecule has 1 unspecified atom stereocenters. The van der Waals surface area contributed by atoms with Crippen molar-refractivity contribution in [2.75, 3.05) is 20.1 Å². The Kier molecular flexibility index (Phi) is 2.73. The van der Waals surface area contributed by atoms with E-state index in [1.165, 1.54) is 0 Å². The number of nitrogens with zero attached hydrogens (tertiary/aromatic N) is 2. The van der Waals surface area contributed by atoms with E-state index in [0.717, 1.165) is 40.3 Å². The van der Waals surface area contributed by atoms with Gasteiger partial charge in [0.25, 0.3) is 0 Å². The van der Waals surface area contributed by atoms with E-state index in [1.54, 1.807) is 0 Å². The highest BCUT2D eigenvalue weighted by Crippen LogP contribution is 2.29. The van der Waals surface area contributed by atoms with E-state index in [9.17, 15) is 0 Å². The van der Waals surface area contributed by atoms with Crippen LogP contribution in [0.5, 0.6) is 0 Å². The molecule has 1 atom stereocenters. The van der Waals surface area contributed by atoms with E-state index in [4.69, 9.17) is 23.8 Å². The van der Waals surface area contributed by atoms with Crippen LogP contribution in [0, 0.1) is 4.77 Å². The van der Waals surface area contributed by atoms with Crippen molar-refractivity contribution >= 4 is 34.9 Å². The number of hydrogen-bond donors (Lipinski definition) is 1. The summed E-state index contributed by atoms with van der Waals surface area (Å²) in [5.41, 5.74) is 2.07. The van der Waals surface area contributed by atoms with Gasteiger partial charge >= 0.3 is 0 Å². The second kappa shape index (κ2) is 4.12. The van der Waals surface area contributed by atoms with Crippen molar-refractivity contribution in [2.45, 2.75) is 12.5 Å². The molecule has 1 N–H and O–H groups in total. The first-order chi connectivity index (χ1) is 8.16. The summed E-state index contributed by atoms with van der Waals surface area (Å²) in [5.74, 6) is 0. The van der Waals surface area contributed by atoms with Crippen LogP contribution in [-0.4, -0.2) is 34.6 Å². The van der Waals surface area contributed by atoms with Gasteiger partial charge in [-0.15, -0.1) is 0 Å². The summed E-state index contributed by atoms with van der Waals surface area (Å²) in [6, 6.07) is 6.40. The van der Waals surface area contributed by atoms with Crippen LogP contribution >= 0.6 is 23.8 Å². The van der Waals surface area contributed by atoms with Gasteiger partial charge in [-0.2, -0.15) is 0 Å². The molecule has 2 aromatic rings. The minimum atomic E-state index is 0.458. The lowest BCUT2D eigenvalue weighted by atomic mass is 10.2. The molecule has 0 bridgehead atoms. The number of fused-ring (bicyclic) bond motifs is 1. The van der Waals surface area contributed by atoms with Crippen LogP contribution < -0.4 is 0 Å². The number of H-pyrrole nitrogens is 1. The minimum Gasteiger partial charge on any atom is -0.329 e. The first-order valence-electron chi connectivity index (χ1n) is 5.74. The van der Waals surface area contributed by atoms with Gasteiger partial charge in [0.15, 0.2) is 4.77 Å². The number of likely N-dealkylation sites (tertiary alicyclic amines) is 1. The van der Waals surface area contributed by atoms with Crippen LogP contribution in [0.2, 0.25) is 5.02 Å². The lowest BCUT2D eigenvalue weighted by molar-refractivity contribution is 0.394. The maximum atomic E-state index is 6.18. The lowest BCUT2D eigenvalue weighted by Crippen LogP contribution is -2.16. The highest BCUT2D eigenvalue weighted by atomic mass is 35.5. The predicted octanol–water partition coefficient (Wildman–Crippen LogP) is 3.23. The number of likely N-dealkylation sites (N-methyl/N-ethyl adjacent to an activating group) is 1. The lowest BCUT2D eigenvalue weighted by Gasteiger charge is -2.13. The van der Waals surface area contributed by atoms with Crippen molar-refractivity contribution in [3.05, 3.63) is 28.0 Å². The quantitative estimate of drug-likeness (QED) is 0.802. The maximum absolute atomic E-state index is 6.18. The topological polar surface area (TPSA) is 24.0 Å². The average molecular weight is 268 g/mol. The van der Waals surface area contributed by atoms with Gasteiger partial charge in [0, 0.05) is 6.54 Å². The fourth-order valence-electron chi connectivity index (χ4n) is 2.60. The van der Waals surface area contributed by atoms with E-state index in [1.807, 2.05) is 12.1 Å². The Morgan fingerprint density at radius 2 is 2.29 bits per heavy atom. The van der Waals surface area contributed by atoms with Crippen LogP contribution in [0.25, 0.3) is 11.0 Å². The second-order valence-corrected chi connectivity index (χ2v) is 5.43. The maximum Gasteiger partial charge on any atom is 0.178 e. The molecule has 1 saturated heterocycles. The normalized spacial score (nSPS) is 21.4. The van der Waals surface area contributed by atoms with Crippen LogP contribution in [0.1, 0.15) is 12.5 Å². The Bertz CT molecular complexity index is 616. The van der Waals surface area contributed by atoms with Crippen molar-refractivity contribution < 1.29 is 0 Å². The van der Waals surface area contributed by atoms with Gasteiger partial charge < -0.3 is 14.5 Å². The molecule has 5 heteroatoms. The molecule has 0 saturated carbocycles. The Morgan fingerprint density at radius 1 is 1.47 bits per heavy atom. The molecule has 1 aromatic heterocycles. The standard InChI is InChI=1S/C12H14ClN3S/c1-15-6-5-8(7-15)16-10-4-2-3-9(13)11(10)14-12(16)17/h2-4,8H,5-7H2,1H3,(H,14,17). The summed E-state index contributed by atoms with van der Waals surface area (Å²) in [4.78, 5) is 5.54. The third-order valence-electron chi connectivity index (χ3n) is 3.43. The summed E-state index contributed by atoms with van der Waals surface area (Å²) in [7, 11) is 2.14. The zero-order valence-corrected chi connectivity index (χ0v) is 11.2. The number of imidazole rings is 1. The molecule has 90 valence electrons. The van der Waals surface area contributed by atoms with Crippen LogP contribution in [0.15, 0.2) is 18.2 Å². The van der Waals surface area contributed by atoms with Crippen molar-refractivity contribution in [2.24, 2.45) is 0 Å². The van der Waals surface area contributed by atoms with Crippen molar-refractivity contribution in [1.29, 1.82) is 0 Å². The Labute approximate surface area is 110 Å². The van der Waals surface area contributed by atoms with Gasteiger partial charge in [0.1, 0.15) is 0 Å². The van der Waals surface area contributed by atoms with E-state index < -0.39 is 0 Å². The van der Waals surface area contributed by atoms with Crippen LogP contribution in [-0.2, 0) is 0 Å². The van der Waals surface area contributed by atoms with E-state index in [0.29, 0.717) is 6.04 Å². The Balaban J connectivity index is 2.19. The number of halogens is 1. The van der Waals surface area contributed by atoms with E-state index in [-0.39, 0.29) is 0 Å². The number of rotatable bonds is 1. The molecule has 1 aromatic carbocycles. The molecule has 1 aliphatic rings. The third kappa shape index (κ3) is 1.80. The van der Waals surface area contributed by atoms with Gasteiger partial charge in [-0.1, -0.05) is 17.7 Å². The van der Waals surface area contributed by atoms with Gasteiger partial charge in [-0.3, -0.25) is 0 Å². The monoisotopic (exact) mass is 267 g/mol. The molecule has 17 heavy (non-hydrogen) atoms. The van der Waals surface area contributed by atoms with E-state index in [2.05, 4.69) is 27.6 Å². The van der Waals surface area contributed by atoms with Crippen LogP contribution in [0.3, 0.4) is 0 Å². The largest absolute Gasteiger partial charge is 0.329 e. The number of aromatic nitrogens is 2. The Morgan fingerprint density at radius 3 is 3.00 bits per heavy atom. The summed E-state index contributed by atoms with van der Waals surface area (Å²) >= 11 is 11.6. The number of para-hydroxylation sites is 1. The molecule has 2 heterocycles. The van der Waals surface area contributed by atoms with Gasteiger partial charge in [0.2, 0.25) is 0 Å². The fourth-order valence-corrected chi connectivity index (χ4v) is 3.17. The summed E-state index contributed by atoms with van der Waals surface area (Å²) in [6.07, 6.45) is 1.14. The highest BCUT2D eigenvalue weighted by Gasteiger charge is 2.23. The number of aromatic amines is 1. The zero-order valence-electron chi connectivity index (χ0n) is 9.61. The molecule has 1 fully saturated rings. The first kappa shape index (κ1) is 11.3. The highest BCUT2D eigenvalue weighted by molar-refractivity contribution is 7.71. The van der Waals surface area contributed by atoms with Gasteiger partial charge in [0.05, 0.1) is 22.1 Å². The summed E-state index contributed by atoms with van der Waals surface area (Å²) < 4.78 is 2.98. The number of hydrogen-bond acceptors (Lipinski definition) is 2. The SMILES string of the molecule is CN1CCC(n2c(=S)[nH]c3c(Cl)cccc32)C1. The summed E-state index contributed by atoms with van der Waals surface area (Å²) in [6.45, 7) is 2.17. The number of benzene rings is 1. The van der Waals surface area contributed by atoms with Crippen LogP contribution in [0.4, 0.5) is 0 Å². The first-order valence-corrected chi connectivity index (χ1v) is 6.52. The van der Waals surface area contributed by atoms with Gasteiger partial charge in [-0.05, 0) is 44.4 Å². The predicted molar refractivity (Wildman–Crippen MR) is 73.3 cm³/mol. The molecular weight excluding hydrogens is 254 g/mol. The molecule has 0 spiro atoms. The Hall–Kier alpha value is -0.840. The fraction of sp³-hybridized carbons (Fsp3) is 0.417. The van der Waals surface area contributed by atoms with Crippen molar-refractivity contribution in [1.82, 2.24) is 14.5 Å². The molecule has 1 aliphatic heterocycles. The molecule has 3 nitrogen and oxygen atoms in total. The molecular formula is C12H14ClN3S. The molecule has 0 aliphatic carbocycles. The summed E-state index contributed by atoms with van der Waals surface area (Å²) in [5, 5.41) is 0.735. The molecule has 3 rings (SSSR count). The molecule has 0 amide bonds. The van der Waals surface area contributed by atoms with Crippen molar-refractivity contribution in [3.8, 4) is 0 Å².